The molecule has 0 aliphatic carbocycles. The zero-order chi connectivity index (χ0) is 33.6. The Hall–Kier alpha value is -1.93. The monoisotopic (exact) mass is 640 g/mol. The maximum Gasteiger partial charge on any atom is 0.306 e. The van der Waals surface area contributed by atoms with E-state index in [1.807, 2.05) is 0 Å². The van der Waals surface area contributed by atoms with Crippen molar-refractivity contribution in [1.82, 2.24) is 0 Å². The zero-order valence-corrected chi connectivity index (χ0v) is 29.8. The number of carboxylic acids is 1. The highest BCUT2D eigenvalue weighted by molar-refractivity contribution is 5.70. The number of likely N-dealkylation sites (N-methyl/N-ethyl adjacent to an activating group) is 1. The number of esters is 2. The molecule has 0 rings (SSSR count). The summed E-state index contributed by atoms with van der Waals surface area (Å²) in [7, 11) is 5.39. The molecular formula is C37H69NO7. The Morgan fingerprint density at radius 3 is 1.60 bits per heavy atom. The third kappa shape index (κ3) is 28.1. The van der Waals surface area contributed by atoms with Crippen LogP contribution in [0, 0.1) is 0 Å². The van der Waals surface area contributed by atoms with Crippen molar-refractivity contribution >= 4 is 17.9 Å². The topological polar surface area (TPSA) is 102 Å². The molecule has 8 nitrogen and oxygen atoms in total. The fourth-order valence-corrected chi connectivity index (χ4v) is 5.24. The number of carboxylic acid groups (broad SMARTS) is 1. The lowest BCUT2D eigenvalue weighted by molar-refractivity contribution is -0.889. The highest BCUT2D eigenvalue weighted by atomic mass is 16.6. The molecule has 0 bridgehead atoms. The molecule has 0 spiro atoms. The minimum atomic E-state index is -1.13. The van der Waals surface area contributed by atoms with Gasteiger partial charge in [-0.1, -0.05) is 109 Å². The summed E-state index contributed by atoms with van der Waals surface area (Å²) >= 11 is 0. The number of hydrogen-bond acceptors (Lipinski definition) is 7. The summed E-state index contributed by atoms with van der Waals surface area (Å²) in [5, 5.41) is 11.5. The van der Waals surface area contributed by atoms with Gasteiger partial charge in [-0.15, -0.1) is 0 Å². The lowest BCUT2D eigenvalue weighted by Gasteiger charge is -2.34. The molecule has 0 amide bonds. The molecule has 0 heterocycles. The first-order valence-electron chi connectivity index (χ1n) is 18.2. The number of quaternary nitrogens is 1. The standard InChI is InChI=1S/C37H69NO7/c1-6-8-10-12-14-15-16-17-18-19-20-22-24-26-28-36(40)45-33(31-43-30-29-34(37(41)42)38(3,4)5)32-44-35(39)27-25-23-21-13-11-9-7-2/h16-17,33-34H,6-15,18-32H2,1-5H3/b17-16-. The second-order valence-corrected chi connectivity index (χ2v) is 13.5. The van der Waals surface area contributed by atoms with Crippen LogP contribution < -0.4 is 5.11 Å². The second kappa shape index (κ2) is 29.5. The van der Waals surface area contributed by atoms with Crippen LogP contribution in [0.25, 0.3) is 0 Å². The first kappa shape index (κ1) is 43.1. The summed E-state index contributed by atoms with van der Waals surface area (Å²) in [6.07, 6.45) is 26.7. The Labute approximate surface area is 276 Å². The van der Waals surface area contributed by atoms with Crippen LogP contribution in [0.4, 0.5) is 0 Å². The zero-order valence-electron chi connectivity index (χ0n) is 29.8. The summed E-state index contributed by atoms with van der Waals surface area (Å²) in [5.74, 6) is -1.75. The number of ether oxygens (including phenoxy) is 3. The van der Waals surface area contributed by atoms with Crippen LogP contribution in [-0.4, -0.2) is 75.5 Å². The van der Waals surface area contributed by atoms with E-state index in [2.05, 4.69) is 26.0 Å². The first-order chi connectivity index (χ1) is 21.6. The van der Waals surface area contributed by atoms with E-state index in [4.69, 9.17) is 14.2 Å². The number of allylic oxidation sites excluding steroid dienone is 2. The highest BCUT2D eigenvalue weighted by Gasteiger charge is 2.25. The fraction of sp³-hybridized carbons (Fsp3) is 0.865. The summed E-state index contributed by atoms with van der Waals surface area (Å²) in [6.45, 7) is 4.59. The van der Waals surface area contributed by atoms with Crippen molar-refractivity contribution in [1.29, 1.82) is 0 Å². The van der Waals surface area contributed by atoms with E-state index in [-0.39, 0.29) is 42.7 Å². The molecule has 2 unspecified atom stereocenters. The van der Waals surface area contributed by atoms with E-state index in [1.54, 1.807) is 21.1 Å². The summed E-state index contributed by atoms with van der Waals surface area (Å²) in [6, 6.07) is -0.720. The Morgan fingerprint density at radius 1 is 0.644 bits per heavy atom. The van der Waals surface area contributed by atoms with E-state index in [0.717, 1.165) is 51.4 Å². The van der Waals surface area contributed by atoms with Gasteiger partial charge in [0.2, 0.25) is 0 Å². The average molecular weight is 640 g/mol. The molecule has 0 aromatic rings. The Bertz CT molecular complexity index is 762. The normalized spacial score (nSPS) is 13.2. The largest absolute Gasteiger partial charge is 0.544 e. The van der Waals surface area contributed by atoms with Crippen LogP contribution in [0.3, 0.4) is 0 Å². The molecule has 2 atom stereocenters. The SMILES string of the molecule is CCCCCCC/C=C\CCCCCCCC(=O)OC(COCCC(C(=O)[O-])[N+](C)(C)C)COC(=O)CCCCCCCCC. The molecule has 45 heavy (non-hydrogen) atoms. The number of nitrogens with zero attached hydrogens (tertiary/aromatic N) is 1. The van der Waals surface area contributed by atoms with Crippen molar-refractivity contribution in [2.75, 3.05) is 41.0 Å². The molecule has 0 radical (unpaired) electrons. The Kier molecular flexibility index (Phi) is 28.2. The van der Waals surface area contributed by atoms with Crippen molar-refractivity contribution in [3.8, 4) is 0 Å². The summed E-state index contributed by atoms with van der Waals surface area (Å²) < 4.78 is 17.0. The molecule has 0 fully saturated rings. The fourth-order valence-electron chi connectivity index (χ4n) is 5.24. The third-order valence-electron chi connectivity index (χ3n) is 8.15. The van der Waals surface area contributed by atoms with E-state index in [1.165, 1.54) is 70.6 Å². The van der Waals surface area contributed by atoms with Gasteiger partial charge >= 0.3 is 11.9 Å². The van der Waals surface area contributed by atoms with E-state index < -0.39 is 18.1 Å². The van der Waals surface area contributed by atoms with Gasteiger partial charge in [0.1, 0.15) is 12.6 Å². The number of hydrogen-bond donors (Lipinski definition) is 0. The molecule has 264 valence electrons. The van der Waals surface area contributed by atoms with E-state index >= 15 is 0 Å². The van der Waals surface area contributed by atoms with Gasteiger partial charge in [0, 0.05) is 19.3 Å². The number of aliphatic carboxylic acids is 1. The van der Waals surface area contributed by atoms with Crippen LogP contribution in [0.2, 0.25) is 0 Å². The average Bonchev–Trinajstić information content (AvgIpc) is 2.98. The van der Waals surface area contributed by atoms with Gasteiger partial charge in [-0.05, 0) is 38.5 Å². The minimum absolute atomic E-state index is 0.0413. The number of carbonyl (C=O) groups is 3. The molecule has 0 aliphatic heterocycles. The predicted molar refractivity (Wildman–Crippen MR) is 181 cm³/mol. The number of rotatable bonds is 32. The quantitative estimate of drug-likeness (QED) is 0.0326. The van der Waals surface area contributed by atoms with Crippen molar-refractivity contribution in [2.24, 2.45) is 0 Å². The molecule has 8 heteroatoms. The maximum absolute atomic E-state index is 12.6. The number of carbonyl (C=O) groups excluding carboxylic acids is 3. The first-order valence-corrected chi connectivity index (χ1v) is 18.2. The Morgan fingerprint density at radius 2 is 1.11 bits per heavy atom. The summed E-state index contributed by atoms with van der Waals surface area (Å²) in [4.78, 5) is 36.4. The van der Waals surface area contributed by atoms with Gasteiger partial charge in [0.15, 0.2) is 6.10 Å². The smallest absolute Gasteiger partial charge is 0.306 e. The molecule has 0 saturated carbocycles. The lowest BCUT2D eigenvalue weighted by Crippen LogP contribution is -2.55. The van der Waals surface area contributed by atoms with Gasteiger partial charge in [-0.3, -0.25) is 9.59 Å². The molecule has 0 aromatic heterocycles. The van der Waals surface area contributed by atoms with Crippen molar-refractivity contribution < 1.29 is 38.2 Å². The highest BCUT2D eigenvalue weighted by Crippen LogP contribution is 2.13. The van der Waals surface area contributed by atoms with E-state index in [9.17, 15) is 19.5 Å². The maximum atomic E-state index is 12.6. The second-order valence-electron chi connectivity index (χ2n) is 13.5. The predicted octanol–water partition coefficient (Wildman–Crippen LogP) is 7.46. The molecule has 0 saturated heterocycles. The van der Waals surface area contributed by atoms with Crippen LogP contribution in [0.5, 0.6) is 0 Å². The van der Waals surface area contributed by atoms with Gasteiger partial charge < -0.3 is 28.6 Å². The van der Waals surface area contributed by atoms with Crippen LogP contribution in [0.1, 0.15) is 155 Å². The molecule has 0 aliphatic rings. The van der Waals surface area contributed by atoms with Gasteiger partial charge in [-0.2, -0.15) is 0 Å². The number of unbranched alkanes of at least 4 members (excludes halogenated alkanes) is 16. The van der Waals surface area contributed by atoms with E-state index in [0.29, 0.717) is 12.8 Å². The lowest BCUT2D eigenvalue weighted by atomic mass is 10.1. The molecule has 0 aromatic carbocycles. The minimum Gasteiger partial charge on any atom is -0.544 e. The Balaban J connectivity index is 4.41. The van der Waals surface area contributed by atoms with Crippen molar-refractivity contribution in [3.63, 3.8) is 0 Å². The molecular weight excluding hydrogens is 570 g/mol. The van der Waals surface area contributed by atoms with Crippen molar-refractivity contribution in [2.45, 2.75) is 167 Å². The molecule has 0 N–H and O–H groups in total. The van der Waals surface area contributed by atoms with Gasteiger partial charge in [0.25, 0.3) is 0 Å². The van der Waals surface area contributed by atoms with Crippen LogP contribution in [0.15, 0.2) is 12.2 Å². The van der Waals surface area contributed by atoms with Crippen LogP contribution in [-0.2, 0) is 28.6 Å². The van der Waals surface area contributed by atoms with Crippen molar-refractivity contribution in [3.05, 3.63) is 12.2 Å². The summed E-state index contributed by atoms with van der Waals surface area (Å²) in [5.41, 5.74) is 0. The van der Waals surface area contributed by atoms with Gasteiger partial charge in [-0.25, -0.2) is 0 Å². The third-order valence-corrected chi connectivity index (χ3v) is 8.15. The van der Waals surface area contributed by atoms with Crippen LogP contribution >= 0.6 is 0 Å². The van der Waals surface area contributed by atoms with Gasteiger partial charge in [0.05, 0.1) is 40.3 Å².